The Morgan fingerprint density at radius 1 is 1.25 bits per heavy atom. The number of hydrogen-bond donors (Lipinski definition) is 3. The van der Waals surface area contributed by atoms with Gasteiger partial charge < -0.3 is 20.9 Å². The van der Waals surface area contributed by atoms with Gasteiger partial charge in [-0.15, -0.1) is 0 Å². The summed E-state index contributed by atoms with van der Waals surface area (Å²) in [4.78, 5) is 34.9. The lowest BCUT2D eigenvalue weighted by atomic mass is 9.89. The van der Waals surface area contributed by atoms with Crippen LogP contribution < -0.4 is 11.1 Å². The Balaban J connectivity index is 2.17. The van der Waals surface area contributed by atoms with Crippen LogP contribution in [0.25, 0.3) is 0 Å². The highest BCUT2D eigenvalue weighted by atomic mass is 79.9. The molecule has 8 heteroatoms. The summed E-state index contributed by atoms with van der Waals surface area (Å²) in [5, 5.41) is 11.9. The number of carbonyl (C=O) groups excluding carboxylic acids is 2. The maximum absolute atomic E-state index is 12.5. The molecule has 1 unspecified atom stereocenters. The number of primary amides is 1. The van der Waals surface area contributed by atoms with E-state index in [1.54, 1.807) is 0 Å². The number of nitrogens with one attached hydrogen (secondary N) is 1. The number of ether oxygens (including phenoxy) is 1. The van der Waals surface area contributed by atoms with Crippen LogP contribution in [0.15, 0.2) is 22.7 Å². The second-order valence-electron chi connectivity index (χ2n) is 5.73. The van der Waals surface area contributed by atoms with Gasteiger partial charge in [-0.25, -0.2) is 4.79 Å². The lowest BCUT2D eigenvalue weighted by molar-refractivity contribution is -0.118. The van der Waals surface area contributed by atoms with Gasteiger partial charge in [0.1, 0.15) is 0 Å². The molecule has 24 heavy (non-hydrogen) atoms. The first kappa shape index (κ1) is 18.4. The molecule has 1 fully saturated rings. The quantitative estimate of drug-likeness (QED) is 0.671. The molecule has 2 rings (SSSR count). The molecular formula is C16H19BrN2O5. The van der Waals surface area contributed by atoms with Crippen LogP contribution in [0.1, 0.15) is 40.0 Å². The number of rotatable bonds is 6. The van der Waals surface area contributed by atoms with Gasteiger partial charge in [0, 0.05) is 35.7 Å². The molecule has 0 spiro atoms. The van der Waals surface area contributed by atoms with Crippen LogP contribution in [0, 0.1) is 5.92 Å². The van der Waals surface area contributed by atoms with Gasteiger partial charge in [0.25, 0.3) is 5.91 Å². The average Bonchev–Trinajstić information content (AvgIpc) is 2.54. The lowest BCUT2D eigenvalue weighted by Crippen LogP contribution is -2.44. The first-order valence-electron chi connectivity index (χ1n) is 7.57. The van der Waals surface area contributed by atoms with Gasteiger partial charge in [0.05, 0.1) is 5.56 Å². The molecule has 0 aromatic heterocycles. The summed E-state index contributed by atoms with van der Waals surface area (Å²) in [6.45, 7) is 1.16. The maximum atomic E-state index is 12.5. The number of nitrogens with two attached hydrogens (primary N) is 1. The van der Waals surface area contributed by atoms with Gasteiger partial charge in [-0.3, -0.25) is 9.59 Å². The predicted molar refractivity (Wildman–Crippen MR) is 89.7 cm³/mol. The molecule has 7 nitrogen and oxygen atoms in total. The van der Waals surface area contributed by atoms with E-state index in [1.165, 1.54) is 18.2 Å². The average molecular weight is 399 g/mol. The predicted octanol–water partition coefficient (Wildman–Crippen LogP) is 1.55. The van der Waals surface area contributed by atoms with E-state index in [-0.39, 0.29) is 23.5 Å². The molecule has 2 amide bonds. The molecule has 0 radical (unpaired) electrons. The molecule has 1 aromatic carbocycles. The van der Waals surface area contributed by atoms with Crippen molar-refractivity contribution in [3.63, 3.8) is 0 Å². The van der Waals surface area contributed by atoms with Gasteiger partial charge in [0.15, 0.2) is 0 Å². The number of hydrogen-bond acceptors (Lipinski definition) is 4. The van der Waals surface area contributed by atoms with Crippen LogP contribution in [0.3, 0.4) is 0 Å². The summed E-state index contributed by atoms with van der Waals surface area (Å²) in [6.07, 6.45) is 1.50. The van der Waals surface area contributed by atoms with E-state index in [2.05, 4.69) is 21.2 Å². The fourth-order valence-corrected chi connectivity index (χ4v) is 3.26. The van der Waals surface area contributed by atoms with Crippen molar-refractivity contribution in [1.29, 1.82) is 0 Å². The Bertz CT molecular complexity index is 643. The fraction of sp³-hybridized carbons (Fsp3) is 0.438. The molecule has 130 valence electrons. The van der Waals surface area contributed by atoms with E-state index in [1.807, 2.05) is 0 Å². The van der Waals surface area contributed by atoms with Crippen molar-refractivity contribution in [3.8, 4) is 0 Å². The monoisotopic (exact) mass is 398 g/mol. The number of aromatic carboxylic acids is 1. The Morgan fingerprint density at radius 2 is 1.88 bits per heavy atom. The van der Waals surface area contributed by atoms with Crippen LogP contribution in [0.2, 0.25) is 0 Å². The fourth-order valence-electron chi connectivity index (χ4n) is 2.77. The smallest absolute Gasteiger partial charge is 0.335 e. The van der Waals surface area contributed by atoms with Crippen LogP contribution in [0.5, 0.6) is 0 Å². The summed E-state index contributed by atoms with van der Waals surface area (Å²) in [5.41, 5.74) is 5.51. The second kappa shape index (κ2) is 8.25. The third-order valence-electron chi connectivity index (χ3n) is 3.98. The van der Waals surface area contributed by atoms with Gasteiger partial charge in [-0.1, -0.05) is 15.9 Å². The second-order valence-corrected chi connectivity index (χ2v) is 6.65. The van der Waals surface area contributed by atoms with Crippen molar-refractivity contribution < 1.29 is 24.2 Å². The minimum Gasteiger partial charge on any atom is -0.478 e. The highest BCUT2D eigenvalue weighted by molar-refractivity contribution is 9.10. The molecule has 1 aliphatic rings. The van der Waals surface area contributed by atoms with Crippen LogP contribution >= 0.6 is 15.9 Å². The third kappa shape index (κ3) is 5.04. The number of benzene rings is 1. The number of amides is 2. The Labute approximate surface area is 147 Å². The largest absolute Gasteiger partial charge is 0.478 e. The van der Waals surface area contributed by atoms with E-state index in [0.29, 0.717) is 17.7 Å². The topological polar surface area (TPSA) is 119 Å². The maximum Gasteiger partial charge on any atom is 0.335 e. The zero-order chi connectivity index (χ0) is 17.7. The minimum atomic E-state index is -1.12. The Kier molecular flexibility index (Phi) is 6.33. The van der Waals surface area contributed by atoms with E-state index >= 15 is 0 Å². The van der Waals surface area contributed by atoms with Crippen LogP contribution in [0.4, 0.5) is 0 Å². The summed E-state index contributed by atoms with van der Waals surface area (Å²) in [6, 6.07) is 3.85. The first-order chi connectivity index (χ1) is 11.4. The Morgan fingerprint density at radius 3 is 2.46 bits per heavy atom. The highest BCUT2D eigenvalue weighted by Gasteiger charge is 2.27. The third-order valence-corrected chi connectivity index (χ3v) is 4.44. The Hall–Kier alpha value is -1.93. The van der Waals surface area contributed by atoms with E-state index in [9.17, 15) is 14.4 Å². The van der Waals surface area contributed by atoms with Gasteiger partial charge in [0.2, 0.25) is 5.91 Å². The highest BCUT2D eigenvalue weighted by Crippen LogP contribution is 2.22. The molecule has 1 atom stereocenters. The SMILES string of the molecule is NC(=O)CC(NC(=O)c1cc(Br)cc(C(=O)O)c1)C1CCOCC1. The molecule has 1 aliphatic heterocycles. The lowest BCUT2D eigenvalue weighted by Gasteiger charge is -2.30. The summed E-state index contributed by atoms with van der Waals surface area (Å²) >= 11 is 3.20. The zero-order valence-electron chi connectivity index (χ0n) is 13.0. The number of halogens is 1. The van der Waals surface area contributed by atoms with Crippen molar-refractivity contribution in [2.45, 2.75) is 25.3 Å². The molecule has 0 aliphatic carbocycles. The van der Waals surface area contributed by atoms with Crippen LogP contribution in [-0.4, -0.2) is 42.1 Å². The van der Waals surface area contributed by atoms with Crippen molar-refractivity contribution in [2.24, 2.45) is 11.7 Å². The molecule has 0 bridgehead atoms. The number of carbonyl (C=O) groups is 3. The van der Waals surface area contributed by atoms with Gasteiger partial charge in [-0.2, -0.15) is 0 Å². The van der Waals surface area contributed by atoms with Crippen molar-refractivity contribution in [2.75, 3.05) is 13.2 Å². The molecule has 4 N–H and O–H groups in total. The van der Waals surface area contributed by atoms with Crippen molar-refractivity contribution >= 4 is 33.7 Å². The van der Waals surface area contributed by atoms with E-state index in [0.717, 1.165) is 12.8 Å². The number of carboxylic acid groups (broad SMARTS) is 1. The van der Waals surface area contributed by atoms with Crippen LogP contribution in [-0.2, 0) is 9.53 Å². The van der Waals surface area contributed by atoms with Gasteiger partial charge in [-0.05, 0) is 37.0 Å². The standard InChI is InChI=1S/C16H19BrN2O5/c17-12-6-10(5-11(7-12)16(22)23)15(21)19-13(8-14(18)20)9-1-3-24-4-2-9/h5-7,9,13H,1-4,8H2,(H2,18,20)(H,19,21)(H,22,23). The van der Waals surface area contributed by atoms with E-state index < -0.39 is 23.8 Å². The minimum absolute atomic E-state index is 0.00652. The first-order valence-corrected chi connectivity index (χ1v) is 8.37. The number of carboxylic acids is 1. The zero-order valence-corrected chi connectivity index (χ0v) is 14.5. The molecule has 0 saturated carbocycles. The van der Waals surface area contributed by atoms with Crippen molar-refractivity contribution in [3.05, 3.63) is 33.8 Å². The van der Waals surface area contributed by atoms with Crippen molar-refractivity contribution in [1.82, 2.24) is 5.32 Å². The summed E-state index contributed by atoms with van der Waals surface area (Å²) in [7, 11) is 0. The van der Waals surface area contributed by atoms with E-state index in [4.69, 9.17) is 15.6 Å². The molecule has 1 heterocycles. The van der Waals surface area contributed by atoms with Gasteiger partial charge >= 0.3 is 5.97 Å². The molecular weight excluding hydrogens is 380 g/mol. The summed E-state index contributed by atoms with van der Waals surface area (Å²) in [5.74, 6) is -1.95. The molecule has 1 aromatic rings. The molecule has 1 saturated heterocycles. The summed E-state index contributed by atoms with van der Waals surface area (Å²) < 4.78 is 5.79. The normalized spacial score (nSPS) is 16.4.